The lowest BCUT2D eigenvalue weighted by Crippen LogP contribution is -2.51. The molecule has 0 bridgehead atoms. The molecule has 0 aromatic heterocycles. The summed E-state index contributed by atoms with van der Waals surface area (Å²) >= 11 is 0. The summed E-state index contributed by atoms with van der Waals surface area (Å²) in [6.07, 6.45) is 0.467. The van der Waals surface area contributed by atoms with E-state index in [0.29, 0.717) is 18.1 Å². The molecular formula is C17H26N2O4S. The highest BCUT2D eigenvalue weighted by atomic mass is 32.2. The molecule has 2 rings (SSSR count). The van der Waals surface area contributed by atoms with Crippen molar-refractivity contribution in [3.8, 4) is 5.75 Å². The van der Waals surface area contributed by atoms with Crippen LogP contribution in [-0.4, -0.2) is 62.6 Å². The number of nitrogens with zero attached hydrogens (tertiary/aromatic N) is 2. The lowest BCUT2D eigenvalue weighted by atomic mass is 10.0. The molecule has 1 unspecified atom stereocenters. The van der Waals surface area contributed by atoms with E-state index in [1.165, 1.54) is 5.01 Å². The molecular weight excluding hydrogens is 328 g/mol. The summed E-state index contributed by atoms with van der Waals surface area (Å²) < 4.78 is 29.0. The zero-order chi connectivity index (χ0) is 17.9. The van der Waals surface area contributed by atoms with Crippen molar-refractivity contribution in [2.45, 2.75) is 32.2 Å². The number of hydrazine groups is 1. The highest BCUT2D eigenvalue weighted by molar-refractivity contribution is 7.91. The first-order chi connectivity index (χ1) is 11.2. The minimum absolute atomic E-state index is 0.0136. The second-order valence-corrected chi connectivity index (χ2v) is 8.89. The van der Waals surface area contributed by atoms with Gasteiger partial charge in [0.05, 0.1) is 17.5 Å². The maximum atomic E-state index is 12.5. The maximum Gasteiger partial charge on any atom is 0.275 e. The second-order valence-electron chi connectivity index (χ2n) is 6.66. The van der Waals surface area contributed by atoms with Gasteiger partial charge >= 0.3 is 0 Å². The van der Waals surface area contributed by atoms with Crippen molar-refractivity contribution >= 4 is 15.7 Å². The minimum atomic E-state index is -3.05. The van der Waals surface area contributed by atoms with E-state index in [-0.39, 0.29) is 30.1 Å². The van der Waals surface area contributed by atoms with Gasteiger partial charge in [0.25, 0.3) is 5.91 Å². The molecule has 0 aliphatic carbocycles. The molecule has 24 heavy (non-hydrogen) atoms. The van der Waals surface area contributed by atoms with Gasteiger partial charge in [0.1, 0.15) is 5.75 Å². The van der Waals surface area contributed by atoms with Crippen LogP contribution in [0.4, 0.5) is 0 Å². The maximum absolute atomic E-state index is 12.5. The number of benzene rings is 1. The van der Waals surface area contributed by atoms with E-state index in [9.17, 15) is 13.2 Å². The zero-order valence-corrected chi connectivity index (χ0v) is 15.5. The lowest BCUT2D eigenvalue weighted by molar-refractivity contribution is -0.151. The van der Waals surface area contributed by atoms with Crippen LogP contribution in [0.2, 0.25) is 0 Å². The molecule has 0 spiro atoms. The fourth-order valence-corrected chi connectivity index (χ4v) is 4.59. The van der Waals surface area contributed by atoms with Crippen LogP contribution in [0, 0.1) is 0 Å². The van der Waals surface area contributed by atoms with Gasteiger partial charge in [-0.2, -0.15) is 0 Å². The van der Waals surface area contributed by atoms with Crippen LogP contribution in [0.15, 0.2) is 24.3 Å². The van der Waals surface area contributed by atoms with Gasteiger partial charge in [-0.25, -0.2) is 13.4 Å². The van der Waals surface area contributed by atoms with Crippen molar-refractivity contribution in [1.29, 1.82) is 0 Å². The summed E-state index contributed by atoms with van der Waals surface area (Å²) in [4.78, 5) is 12.5. The molecule has 1 aliphatic rings. The van der Waals surface area contributed by atoms with Crippen LogP contribution in [-0.2, 0) is 14.6 Å². The van der Waals surface area contributed by atoms with Crippen LogP contribution in [0.1, 0.15) is 31.7 Å². The third kappa shape index (κ3) is 4.70. The molecule has 1 amide bonds. The van der Waals surface area contributed by atoms with Gasteiger partial charge in [-0.15, -0.1) is 0 Å². The highest BCUT2D eigenvalue weighted by Gasteiger charge is 2.36. The molecule has 134 valence electrons. The van der Waals surface area contributed by atoms with Gasteiger partial charge in [0.15, 0.2) is 16.4 Å². The normalized spacial score (nSPS) is 19.7. The summed E-state index contributed by atoms with van der Waals surface area (Å²) in [5, 5.41) is 3.14. The Bertz CT molecular complexity index is 686. The topological polar surface area (TPSA) is 66.9 Å². The summed E-state index contributed by atoms with van der Waals surface area (Å²) in [6, 6.07) is 7.36. The van der Waals surface area contributed by atoms with E-state index >= 15 is 0 Å². The van der Waals surface area contributed by atoms with Crippen molar-refractivity contribution in [2.24, 2.45) is 0 Å². The predicted molar refractivity (Wildman–Crippen MR) is 93.6 cm³/mol. The molecule has 1 saturated heterocycles. The van der Waals surface area contributed by atoms with Gasteiger partial charge in [-0.05, 0) is 30.0 Å². The summed E-state index contributed by atoms with van der Waals surface area (Å²) in [6.45, 7) is 4.08. The number of carbonyl (C=O) groups is 1. The van der Waals surface area contributed by atoms with Crippen LogP contribution < -0.4 is 4.74 Å². The van der Waals surface area contributed by atoms with Gasteiger partial charge < -0.3 is 4.74 Å². The first kappa shape index (κ1) is 18.7. The van der Waals surface area contributed by atoms with E-state index in [1.54, 1.807) is 19.1 Å². The van der Waals surface area contributed by atoms with E-state index in [2.05, 4.69) is 13.8 Å². The van der Waals surface area contributed by atoms with E-state index in [1.807, 2.05) is 24.3 Å². The van der Waals surface area contributed by atoms with Gasteiger partial charge in [0.2, 0.25) is 0 Å². The number of hydrogen-bond acceptors (Lipinski definition) is 5. The molecule has 0 radical (unpaired) electrons. The third-order valence-electron chi connectivity index (χ3n) is 4.13. The first-order valence-electron chi connectivity index (χ1n) is 8.12. The van der Waals surface area contributed by atoms with Crippen LogP contribution in [0.25, 0.3) is 0 Å². The molecule has 7 heteroatoms. The molecule has 0 N–H and O–H groups in total. The Morgan fingerprint density at radius 2 is 2.04 bits per heavy atom. The average molecular weight is 354 g/mol. The SMILES string of the molecule is CC(C)c1cccc(OCC(=O)N(C2CCS(=O)(=O)C2)N(C)C)c1. The van der Waals surface area contributed by atoms with Crippen molar-refractivity contribution in [1.82, 2.24) is 10.0 Å². The van der Waals surface area contributed by atoms with Gasteiger partial charge in [-0.3, -0.25) is 9.80 Å². The minimum Gasteiger partial charge on any atom is -0.484 e. The van der Waals surface area contributed by atoms with Crippen molar-refractivity contribution in [3.05, 3.63) is 29.8 Å². The Kier molecular flexibility index (Phi) is 5.87. The lowest BCUT2D eigenvalue weighted by Gasteiger charge is -2.33. The molecule has 1 atom stereocenters. The smallest absolute Gasteiger partial charge is 0.275 e. The van der Waals surface area contributed by atoms with E-state index in [4.69, 9.17) is 4.74 Å². The molecule has 1 fully saturated rings. The average Bonchev–Trinajstić information content (AvgIpc) is 2.85. The quantitative estimate of drug-likeness (QED) is 0.727. The molecule has 1 aromatic carbocycles. The van der Waals surface area contributed by atoms with Crippen LogP contribution in [0.5, 0.6) is 5.75 Å². The fraction of sp³-hybridized carbons (Fsp3) is 0.588. The third-order valence-corrected chi connectivity index (χ3v) is 5.88. The fourth-order valence-electron chi connectivity index (χ4n) is 2.90. The highest BCUT2D eigenvalue weighted by Crippen LogP contribution is 2.21. The summed E-state index contributed by atoms with van der Waals surface area (Å²) in [5.74, 6) is 0.933. The number of carbonyl (C=O) groups excluding carboxylic acids is 1. The molecule has 1 heterocycles. The Balaban J connectivity index is 2.02. The van der Waals surface area contributed by atoms with Crippen molar-refractivity contribution in [3.63, 3.8) is 0 Å². The largest absolute Gasteiger partial charge is 0.484 e. The van der Waals surface area contributed by atoms with E-state index < -0.39 is 9.84 Å². The molecule has 0 saturated carbocycles. The predicted octanol–water partition coefficient (Wildman–Crippen LogP) is 1.68. The first-order valence-corrected chi connectivity index (χ1v) is 9.94. The Hall–Kier alpha value is -1.60. The van der Waals surface area contributed by atoms with Crippen LogP contribution >= 0.6 is 0 Å². The Morgan fingerprint density at radius 3 is 2.58 bits per heavy atom. The van der Waals surface area contributed by atoms with Crippen molar-refractivity contribution in [2.75, 3.05) is 32.2 Å². The summed E-state index contributed by atoms with van der Waals surface area (Å²) in [5.41, 5.74) is 1.14. The second kappa shape index (κ2) is 7.53. The molecule has 1 aromatic rings. The number of sulfone groups is 1. The molecule has 1 aliphatic heterocycles. The monoisotopic (exact) mass is 354 g/mol. The number of hydrogen-bond donors (Lipinski definition) is 0. The van der Waals surface area contributed by atoms with Crippen LogP contribution in [0.3, 0.4) is 0 Å². The standard InChI is InChI=1S/C17H26N2O4S/c1-13(2)14-6-5-7-16(10-14)23-11-17(20)19(18(3)4)15-8-9-24(21,22)12-15/h5-7,10,13,15H,8-9,11-12H2,1-4H3. The zero-order valence-electron chi connectivity index (χ0n) is 14.7. The number of rotatable bonds is 6. The van der Waals surface area contributed by atoms with Gasteiger partial charge in [-0.1, -0.05) is 26.0 Å². The Morgan fingerprint density at radius 1 is 1.33 bits per heavy atom. The number of amides is 1. The van der Waals surface area contributed by atoms with Gasteiger partial charge in [0, 0.05) is 14.1 Å². The summed E-state index contributed by atoms with van der Waals surface area (Å²) in [7, 11) is 0.425. The van der Waals surface area contributed by atoms with Crippen molar-refractivity contribution < 1.29 is 17.9 Å². The van der Waals surface area contributed by atoms with E-state index in [0.717, 1.165) is 5.56 Å². The Labute approximate surface area is 144 Å². The molecule has 6 nitrogen and oxygen atoms in total. The number of ether oxygens (including phenoxy) is 1.